The first-order chi connectivity index (χ1) is 19.6. The summed E-state index contributed by atoms with van der Waals surface area (Å²) in [4.78, 5) is 17.5. The van der Waals surface area contributed by atoms with Gasteiger partial charge in [-0.2, -0.15) is 9.97 Å². The Labute approximate surface area is 243 Å². The summed E-state index contributed by atoms with van der Waals surface area (Å²) in [6.45, 7) is 4.04. The lowest BCUT2D eigenvalue weighted by Crippen LogP contribution is -2.46. The van der Waals surface area contributed by atoms with Gasteiger partial charge in [-0.15, -0.1) is 11.3 Å². The van der Waals surface area contributed by atoms with Crippen LogP contribution in [0.4, 0.5) is 19.0 Å². The average molecular weight is 604 g/mol. The number of thiazole rings is 1. The molecule has 2 aromatic heterocycles. The van der Waals surface area contributed by atoms with E-state index in [-0.39, 0.29) is 35.3 Å². The Hall–Kier alpha value is -2.73. The fourth-order valence-corrected chi connectivity index (χ4v) is 7.89. The maximum atomic E-state index is 16.6. The van der Waals surface area contributed by atoms with Gasteiger partial charge in [-0.3, -0.25) is 4.90 Å². The number of nitrogens with zero attached hydrogens (tertiary/aromatic N) is 5. The average Bonchev–Trinajstić information content (AvgIpc) is 3.63. The van der Waals surface area contributed by atoms with Gasteiger partial charge in [0.05, 0.1) is 31.9 Å². The molecule has 3 aliphatic rings. The minimum absolute atomic E-state index is 0.00195. The molecule has 3 saturated heterocycles. The molecular weight excluding hydrogens is 575 g/mol. The van der Waals surface area contributed by atoms with E-state index in [4.69, 9.17) is 21.3 Å². The van der Waals surface area contributed by atoms with Crippen LogP contribution < -0.4 is 9.64 Å². The third-order valence-electron chi connectivity index (χ3n) is 8.75. The predicted octanol–water partition coefficient (Wildman–Crippen LogP) is 6.14. The van der Waals surface area contributed by atoms with Crippen molar-refractivity contribution < 1.29 is 23.0 Å². The standard InChI is InChI=1S/C29H29ClF3N5O2S/c1-28(39)6-2-8-37(13-28)26-18-10-19(30)21(17-4-5-20(32)25-24(17)34-15-41-25)22(33)23(18)35-27(36-26)40-14-29-7-3-9-38(29)12-16(31)11-29/h4-5,10,15-16,39H,2-3,6-9,11-14H2,1H3/t16-,28?,29+/m1/s1. The van der Waals surface area contributed by atoms with Crippen molar-refractivity contribution in [3.8, 4) is 17.1 Å². The summed E-state index contributed by atoms with van der Waals surface area (Å²) in [5, 5.41) is 11.3. The zero-order valence-corrected chi connectivity index (χ0v) is 24.0. The molecular formula is C29H29ClF3N5O2S. The lowest BCUT2D eigenvalue weighted by atomic mass is 9.94. The van der Waals surface area contributed by atoms with E-state index in [2.05, 4.69) is 14.9 Å². The van der Waals surface area contributed by atoms with Crippen molar-refractivity contribution in [2.75, 3.05) is 37.7 Å². The summed E-state index contributed by atoms with van der Waals surface area (Å²) in [7, 11) is 0. The summed E-state index contributed by atoms with van der Waals surface area (Å²) in [6.07, 6.45) is 2.59. The first kappa shape index (κ1) is 27.1. The van der Waals surface area contributed by atoms with Gasteiger partial charge in [-0.25, -0.2) is 18.2 Å². The molecule has 7 nitrogen and oxygen atoms in total. The molecule has 12 heteroatoms. The summed E-state index contributed by atoms with van der Waals surface area (Å²) < 4.78 is 51.8. The minimum atomic E-state index is -0.952. The number of aromatic nitrogens is 3. The van der Waals surface area contributed by atoms with Gasteiger partial charge in [0.25, 0.3) is 0 Å². The lowest BCUT2D eigenvalue weighted by molar-refractivity contribution is 0.0447. The summed E-state index contributed by atoms with van der Waals surface area (Å²) in [6, 6.07) is 4.33. The zero-order valence-electron chi connectivity index (χ0n) is 22.5. The number of rotatable bonds is 5. The van der Waals surface area contributed by atoms with Crippen molar-refractivity contribution in [2.24, 2.45) is 0 Å². The fourth-order valence-electron chi connectivity index (χ4n) is 6.88. The molecule has 3 atom stereocenters. The molecule has 7 rings (SSSR count). The molecule has 3 fully saturated rings. The molecule has 1 unspecified atom stereocenters. The molecule has 0 amide bonds. The fraction of sp³-hybridized carbons (Fsp3) is 0.483. The Balaban J connectivity index is 1.37. The lowest BCUT2D eigenvalue weighted by Gasteiger charge is -2.38. The number of hydrogen-bond acceptors (Lipinski definition) is 8. The molecule has 3 aliphatic heterocycles. The molecule has 0 spiro atoms. The van der Waals surface area contributed by atoms with Crippen molar-refractivity contribution in [1.29, 1.82) is 0 Å². The monoisotopic (exact) mass is 603 g/mol. The number of benzene rings is 2. The molecule has 2 aromatic carbocycles. The highest BCUT2D eigenvalue weighted by Crippen LogP contribution is 2.43. The van der Waals surface area contributed by atoms with Gasteiger partial charge in [-0.05, 0) is 57.4 Å². The van der Waals surface area contributed by atoms with Gasteiger partial charge in [0.2, 0.25) is 0 Å². The van der Waals surface area contributed by atoms with Crippen LogP contribution in [0, 0.1) is 11.6 Å². The first-order valence-corrected chi connectivity index (χ1v) is 15.1. The third-order valence-corrected chi connectivity index (χ3v) is 9.89. The van der Waals surface area contributed by atoms with Gasteiger partial charge >= 0.3 is 6.01 Å². The number of halogens is 4. The van der Waals surface area contributed by atoms with Gasteiger partial charge < -0.3 is 14.7 Å². The summed E-state index contributed by atoms with van der Waals surface area (Å²) in [5.74, 6) is -0.731. The second kappa shape index (κ2) is 9.93. The second-order valence-electron chi connectivity index (χ2n) is 11.8. The second-order valence-corrected chi connectivity index (χ2v) is 13.0. The van der Waals surface area contributed by atoms with Crippen LogP contribution in [0.25, 0.3) is 32.2 Å². The van der Waals surface area contributed by atoms with E-state index in [0.29, 0.717) is 52.9 Å². The van der Waals surface area contributed by atoms with E-state index in [1.165, 1.54) is 17.6 Å². The number of fused-ring (bicyclic) bond motifs is 3. The maximum Gasteiger partial charge on any atom is 0.319 e. The van der Waals surface area contributed by atoms with Crippen LogP contribution in [0.2, 0.25) is 5.02 Å². The van der Waals surface area contributed by atoms with Gasteiger partial charge in [0.1, 0.15) is 29.9 Å². The van der Waals surface area contributed by atoms with E-state index in [9.17, 15) is 13.9 Å². The van der Waals surface area contributed by atoms with Crippen molar-refractivity contribution >= 4 is 49.9 Å². The largest absolute Gasteiger partial charge is 0.461 e. The Morgan fingerprint density at radius 1 is 1.17 bits per heavy atom. The molecule has 0 bridgehead atoms. The quantitative estimate of drug-likeness (QED) is 0.293. The predicted molar refractivity (Wildman–Crippen MR) is 154 cm³/mol. The maximum absolute atomic E-state index is 16.6. The summed E-state index contributed by atoms with van der Waals surface area (Å²) >= 11 is 7.85. The highest BCUT2D eigenvalue weighted by atomic mass is 35.5. The van der Waals surface area contributed by atoms with Crippen molar-refractivity contribution in [3.05, 3.63) is 40.4 Å². The van der Waals surface area contributed by atoms with Crippen LogP contribution in [0.5, 0.6) is 6.01 Å². The Bertz CT molecular complexity index is 1670. The topological polar surface area (TPSA) is 74.6 Å². The molecule has 5 heterocycles. The number of alkyl halides is 1. The summed E-state index contributed by atoms with van der Waals surface area (Å²) in [5.41, 5.74) is 0.861. The third kappa shape index (κ3) is 4.61. The van der Waals surface area contributed by atoms with Crippen molar-refractivity contribution in [1.82, 2.24) is 19.9 Å². The van der Waals surface area contributed by atoms with Crippen molar-refractivity contribution in [3.63, 3.8) is 0 Å². The van der Waals surface area contributed by atoms with Crippen molar-refractivity contribution in [2.45, 2.75) is 56.3 Å². The Morgan fingerprint density at radius 2 is 2.00 bits per heavy atom. The highest BCUT2D eigenvalue weighted by molar-refractivity contribution is 7.16. The van der Waals surface area contributed by atoms with Crippen LogP contribution in [0.3, 0.4) is 0 Å². The van der Waals surface area contributed by atoms with Gasteiger partial charge in [-0.1, -0.05) is 11.6 Å². The Morgan fingerprint density at radius 3 is 2.83 bits per heavy atom. The molecule has 4 aromatic rings. The SMILES string of the molecule is CC1(O)CCCN(c2nc(OC[C@@]34CCCN3C[C@H](F)C4)nc3c(F)c(-c4ccc(F)c5scnc45)c(Cl)cc23)C1. The molecule has 1 N–H and O–H groups in total. The number of piperidine rings is 1. The Kier molecular flexibility index (Phi) is 6.57. The smallest absolute Gasteiger partial charge is 0.319 e. The normalized spacial score (nSPS) is 26.8. The van der Waals surface area contributed by atoms with Crippen LogP contribution in [0.15, 0.2) is 23.7 Å². The first-order valence-electron chi connectivity index (χ1n) is 13.9. The molecule has 216 valence electrons. The number of ether oxygens (including phenoxy) is 1. The van der Waals surface area contributed by atoms with E-state index in [1.807, 2.05) is 4.90 Å². The molecule has 0 aliphatic carbocycles. The molecule has 0 radical (unpaired) electrons. The minimum Gasteiger partial charge on any atom is -0.461 e. The van der Waals surface area contributed by atoms with Crippen LogP contribution in [-0.2, 0) is 0 Å². The zero-order chi connectivity index (χ0) is 28.5. The van der Waals surface area contributed by atoms with E-state index in [1.54, 1.807) is 13.0 Å². The molecule has 0 saturated carbocycles. The number of hydrogen-bond donors (Lipinski definition) is 1. The van der Waals surface area contributed by atoms with E-state index in [0.717, 1.165) is 37.1 Å². The van der Waals surface area contributed by atoms with Crippen LogP contribution in [-0.4, -0.2) is 75.1 Å². The van der Waals surface area contributed by atoms with Gasteiger partial charge in [0.15, 0.2) is 5.82 Å². The van der Waals surface area contributed by atoms with E-state index < -0.39 is 28.9 Å². The number of β-amino-alcohol motifs (C(OH)–C–C–N with tert-alkyl or cyclic N) is 1. The molecule has 41 heavy (non-hydrogen) atoms. The number of anilines is 1. The van der Waals surface area contributed by atoms with E-state index >= 15 is 4.39 Å². The number of aliphatic hydroxyl groups is 1. The highest BCUT2D eigenvalue weighted by Gasteiger charge is 2.49. The van der Waals surface area contributed by atoms with Crippen LogP contribution >= 0.6 is 22.9 Å². The van der Waals surface area contributed by atoms with Crippen LogP contribution in [0.1, 0.15) is 39.0 Å². The van der Waals surface area contributed by atoms with Gasteiger partial charge in [0, 0.05) is 42.6 Å².